The Morgan fingerprint density at radius 3 is 2.57 bits per heavy atom. The fourth-order valence-electron chi connectivity index (χ4n) is 3.78. The van der Waals surface area contributed by atoms with Gasteiger partial charge >= 0.3 is 0 Å². The molecule has 0 aliphatic heterocycles. The predicted molar refractivity (Wildman–Crippen MR) is 84.8 cm³/mol. The van der Waals surface area contributed by atoms with Crippen molar-refractivity contribution in [3.63, 3.8) is 0 Å². The van der Waals surface area contributed by atoms with E-state index in [0.717, 1.165) is 19.5 Å². The Morgan fingerprint density at radius 2 is 1.86 bits per heavy atom. The molecule has 4 unspecified atom stereocenters. The summed E-state index contributed by atoms with van der Waals surface area (Å²) in [7, 11) is 0. The topological polar surface area (TPSA) is 55.1 Å². The van der Waals surface area contributed by atoms with E-state index in [1.807, 2.05) is 6.07 Å². The van der Waals surface area contributed by atoms with Crippen molar-refractivity contribution in [1.82, 2.24) is 5.32 Å². The van der Waals surface area contributed by atoms with Crippen LogP contribution in [0.5, 0.6) is 0 Å². The van der Waals surface area contributed by atoms with Gasteiger partial charge < -0.3 is 11.1 Å². The Balaban J connectivity index is 1.47. The minimum atomic E-state index is 0.187. The van der Waals surface area contributed by atoms with Crippen LogP contribution in [0.2, 0.25) is 0 Å². The molecule has 0 bridgehead atoms. The number of hydrogen-bond donors (Lipinski definition) is 2. The van der Waals surface area contributed by atoms with Crippen LogP contribution in [0.25, 0.3) is 0 Å². The molecule has 1 aromatic rings. The van der Waals surface area contributed by atoms with Gasteiger partial charge in [0, 0.05) is 12.5 Å². The number of rotatable bonds is 5. The summed E-state index contributed by atoms with van der Waals surface area (Å²) >= 11 is 0. The molecule has 21 heavy (non-hydrogen) atoms. The molecule has 0 spiro atoms. The molecular weight excluding hydrogens is 260 g/mol. The molecule has 2 saturated carbocycles. The molecule has 4 atom stereocenters. The summed E-state index contributed by atoms with van der Waals surface area (Å²) < 4.78 is 0. The van der Waals surface area contributed by atoms with Crippen molar-refractivity contribution in [3.05, 3.63) is 35.9 Å². The van der Waals surface area contributed by atoms with E-state index in [1.54, 1.807) is 0 Å². The lowest BCUT2D eigenvalue weighted by Gasteiger charge is -2.30. The quantitative estimate of drug-likeness (QED) is 0.874. The molecule has 3 N–H and O–H groups in total. The molecule has 3 heteroatoms. The average molecular weight is 286 g/mol. The van der Waals surface area contributed by atoms with Crippen LogP contribution in [0.15, 0.2) is 30.3 Å². The van der Waals surface area contributed by atoms with Crippen LogP contribution >= 0.6 is 0 Å². The van der Waals surface area contributed by atoms with Crippen molar-refractivity contribution in [2.75, 3.05) is 13.1 Å². The fourth-order valence-corrected chi connectivity index (χ4v) is 3.78. The first kappa shape index (κ1) is 14.6. The monoisotopic (exact) mass is 286 g/mol. The van der Waals surface area contributed by atoms with Crippen LogP contribution in [0.3, 0.4) is 0 Å². The van der Waals surface area contributed by atoms with Gasteiger partial charge in [0.1, 0.15) is 0 Å². The van der Waals surface area contributed by atoms with Gasteiger partial charge in [-0.2, -0.15) is 0 Å². The van der Waals surface area contributed by atoms with Crippen LogP contribution in [-0.4, -0.2) is 19.0 Å². The van der Waals surface area contributed by atoms with Gasteiger partial charge in [-0.15, -0.1) is 0 Å². The highest BCUT2D eigenvalue weighted by molar-refractivity contribution is 5.82. The maximum Gasteiger partial charge on any atom is 0.223 e. The Kier molecular flexibility index (Phi) is 4.59. The second kappa shape index (κ2) is 6.61. The second-order valence-corrected chi connectivity index (χ2v) is 6.64. The van der Waals surface area contributed by atoms with Gasteiger partial charge in [0.05, 0.1) is 0 Å². The van der Waals surface area contributed by atoms with E-state index in [1.165, 1.54) is 31.2 Å². The van der Waals surface area contributed by atoms with Gasteiger partial charge in [-0.05, 0) is 49.1 Å². The van der Waals surface area contributed by atoms with Gasteiger partial charge in [0.15, 0.2) is 0 Å². The molecule has 3 nitrogen and oxygen atoms in total. The fraction of sp³-hybridized carbons (Fsp3) is 0.611. The molecule has 1 amide bonds. The lowest BCUT2D eigenvalue weighted by molar-refractivity contribution is -0.122. The van der Waals surface area contributed by atoms with Crippen LogP contribution < -0.4 is 11.1 Å². The van der Waals surface area contributed by atoms with Crippen molar-refractivity contribution >= 4 is 5.91 Å². The standard InChI is InChI=1S/C18H26N2O/c19-11-14-8-4-5-9-15(14)12-20-18(21)17-10-16(17)13-6-2-1-3-7-13/h1-3,6-7,14-17H,4-5,8-12,19H2,(H,20,21). The molecule has 0 heterocycles. The Bertz CT molecular complexity index is 473. The number of nitrogens with one attached hydrogen (secondary N) is 1. The Hall–Kier alpha value is -1.35. The molecule has 2 aliphatic carbocycles. The molecule has 0 aromatic heterocycles. The molecule has 0 radical (unpaired) electrons. The first-order valence-corrected chi connectivity index (χ1v) is 8.32. The first-order chi connectivity index (χ1) is 10.3. The van der Waals surface area contributed by atoms with E-state index in [2.05, 4.69) is 29.6 Å². The van der Waals surface area contributed by atoms with Crippen molar-refractivity contribution in [3.8, 4) is 0 Å². The summed E-state index contributed by atoms with van der Waals surface area (Å²) in [6.45, 7) is 1.58. The third-order valence-electron chi connectivity index (χ3n) is 5.26. The summed E-state index contributed by atoms with van der Waals surface area (Å²) in [5, 5.41) is 3.18. The van der Waals surface area contributed by atoms with Crippen molar-refractivity contribution in [1.29, 1.82) is 0 Å². The van der Waals surface area contributed by atoms with E-state index < -0.39 is 0 Å². The maximum absolute atomic E-state index is 12.3. The van der Waals surface area contributed by atoms with Gasteiger partial charge in [-0.3, -0.25) is 4.79 Å². The summed E-state index contributed by atoms with van der Waals surface area (Å²) in [4.78, 5) is 12.3. The van der Waals surface area contributed by atoms with Gasteiger partial charge in [-0.1, -0.05) is 43.2 Å². The minimum absolute atomic E-state index is 0.187. The first-order valence-electron chi connectivity index (χ1n) is 8.32. The normalized spacial score (nSPS) is 31.7. The van der Waals surface area contributed by atoms with Crippen LogP contribution in [0.1, 0.15) is 43.6 Å². The highest BCUT2D eigenvalue weighted by Gasteiger charge is 2.43. The van der Waals surface area contributed by atoms with Crippen molar-refractivity contribution in [2.45, 2.75) is 38.0 Å². The number of amides is 1. The SMILES string of the molecule is NCC1CCCCC1CNC(=O)C1CC1c1ccccc1. The van der Waals surface area contributed by atoms with Gasteiger partial charge in [0.25, 0.3) is 0 Å². The summed E-state index contributed by atoms with van der Waals surface area (Å²) in [6, 6.07) is 10.4. The summed E-state index contributed by atoms with van der Waals surface area (Å²) in [6.07, 6.45) is 6.03. The maximum atomic E-state index is 12.3. The van der Waals surface area contributed by atoms with Crippen LogP contribution in [-0.2, 0) is 4.79 Å². The highest BCUT2D eigenvalue weighted by Crippen LogP contribution is 2.47. The number of carbonyl (C=O) groups is 1. The van der Waals surface area contributed by atoms with E-state index in [-0.39, 0.29) is 11.8 Å². The molecule has 1 aromatic carbocycles. The molecule has 2 aliphatic rings. The zero-order valence-corrected chi connectivity index (χ0v) is 12.6. The molecule has 114 valence electrons. The van der Waals surface area contributed by atoms with E-state index in [0.29, 0.717) is 17.8 Å². The largest absolute Gasteiger partial charge is 0.356 e. The van der Waals surface area contributed by atoms with Crippen molar-refractivity contribution < 1.29 is 4.79 Å². The molecule has 0 saturated heterocycles. The van der Waals surface area contributed by atoms with Crippen LogP contribution in [0.4, 0.5) is 0 Å². The zero-order valence-electron chi connectivity index (χ0n) is 12.6. The number of nitrogens with two attached hydrogens (primary N) is 1. The smallest absolute Gasteiger partial charge is 0.223 e. The number of benzene rings is 1. The van der Waals surface area contributed by atoms with Gasteiger partial charge in [0.2, 0.25) is 5.91 Å². The van der Waals surface area contributed by atoms with Crippen molar-refractivity contribution in [2.24, 2.45) is 23.5 Å². The second-order valence-electron chi connectivity index (χ2n) is 6.64. The molecule has 3 rings (SSSR count). The average Bonchev–Trinajstić information content (AvgIpc) is 3.34. The molecule has 2 fully saturated rings. The predicted octanol–water partition coefficient (Wildman–Crippen LogP) is 2.67. The Morgan fingerprint density at radius 1 is 1.14 bits per heavy atom. The Labute approximate surface area is 127 Å². The number of carbonyl (C=O) groups excluding carboxylic acids is 1. The van der Waals surface area contributed by atoms with Crippen LogP contribution in [0, 0.1) is 17.8 Å². The highest BCUT2D eigenvalue weighted by atomic mass is 16.2. The van der Waals surface area contributed by atoms with E-state index in [9.17, 15) is 4.79 Å². The lowest BCUT2D eigenvalue weighted by Crippen LogP contribution is -2.37. The zero-order chi connectivity index (χ0) is 14.7. The molecular formula is C18H26N2O. The summed E-state index contributed by atoms with van der Waals surface area (Å²) in [5.41, 5.74) is 7.16. The third kappa shape index (κ3) is 3.46. The summed E-state index contributed by atoms with van der Waals surface area (Å²) in [5.74, 6) is 2.05. The van der Waals surface area contributed by atoms with Gasteiger partial charge in [-0.25, -0.2) is 0 Å². The van der Waals surface area contributed by atoms with E-state index >= 15 is 0 Å². The lowest BCUT2D eigenvalue weighted by atomic mass is 9.79. The minimum Gasteiger partial charge on any atom is -0.356 e. The van der Waals surface area contributed by atoms with E-state index in [4.69, 9.17) is 5.73 Å². The third-order valence-corrected chi connectivity index (χ3v) is 5.26. The number of hydrogen-bond acceptors (Lipinski definition) is 2.